The van der Waals surface area contributed by atoms with Gasteiger partial charge in [0, 0.05) is 18.5 Å². The molecule has 3 aromatic rings. The normalized spacial score (nSPS) is 15.1. The monoisotopic (exact) mass is 503 g/mol. The van der Waals surface area contributed by atoms with E-state index >= 15 is 0 Å². The Balaban J connectivity index is 1.61. The molecule has 2 aromatic carbocycles. The third-order valence-corrected chi connectivity index (χ3v) is 6.71. The molecule has 2 amide bonds. The number of carbonyl (C=O) groups excluding carboxylic acids is 1. The Kier molecular flexibility index (Phi) is 7.60. The number of aromatic nitrogens is 2. The first-order valence-electron chi connectivity index (χ1n) is 11.1. The fourth-order valence-electron chi connectivity index (χ4n) is 4.08. The number of rotatable bonds is 6. The van der Waals surface area contributed by atoms with Gasteiger partial charge in [0.25, 0.3) is 0 Å². The Morgan fingerprint density at radius 2 is 1.88 bits per heavy atom. The van der Waals surface area contributed by atoms with E-state index in [2.05, 4.69) is 27.5 Å². The molecule has 34 heavy (non-hydrogen) atoms. The molecule has 0 saturated carbocycles. The zero-order valence-corrected chi connectivity index (χ0v) is 20.8. The smallest absolute Gasteiger partial charge is 0.327 e. The molecule has 4 rings (SSSR count). The van der Waals surface area contributed by atoms with Gasteiger partial charge in [0.2, 0.25) is 0 Å². The maximum absolute atomic E-state index is 13.0. The minimum Gasteiger partial charge on any atom is -0.493 e. The summed E-state index contributed by atoms with van der Waals surface area (Å²) in [5.41, 5.74) is 0.968. The number of halogens is 2. The first-order chi connectivity index (χ1) is 16.4. The van der Waals surface area contributed by atoms with Gasteiger partial charge >= 0.3 is 6.03 Å². The Hall–Kier alpha value is -2.81. The van der Waals surface area contributed by atoms with E-state index in [9.17, 15) is 4.79 Å². The van der Waals surface area contributed by atoms with Crippen LogP contribution in [-0.2, 0) is 0 Å². The van der Waals surface area contributed by atoms with Gasteiger partial charge in [0.05, 0.1) is 34.5 Å². The number of urea groups is 1. The second-order valence-corrected chi connectivity index (χ2v) is 9.03. The fraction of sp³-hybridized carbons (Fsp3) is 0.375. The average Bonchev–Trinajstić information content (AvgIpc) is 2.85. The molecule has 1 fully saturated rings. The van der Waals surface area contributed by atoms with Crippen molar-refractivity contribution in [1.82, 2.24) is 15.3 Å². The summed E-state index contributed by atoms with van der Waals surface area (Å²) in [5.74, 6) is 2.03. The van der Waals surface area contributed by atoms with E-state index in [4.69, 9.17) is 32.7 Å². The van der Waals surface area contributed by atoms with Crippen LogP contribution in [0, 0.1) is 5.92 Å². The molecular weight excluding hydrogens is 477 g/mol. The summed E-state index contributed by atoms with van der Waals surface area (Å²) in [5, 5.41) is 7.45. The van der Waals surface area contributed by atoms with Crippen molar-refractivity contribution in [1.29, 1.82) is 0 Å². The first kappa shape index (κ1) is 24.3. The summed E-state index contributed by atoms with van der Waals surface area (Å²) in [7, 11) is 3.19. The number of piperidine rings is 1. The predicted molar refractivity (Wildman–Crippen MR) is 136 cm³/mol. The molecule has 0 radical (unpaired) electrons. The molecule has 180 valence electrons. The molecule has 1 unspecified atom stereocenters. The van der Waals surface area contributed by atoms with Gasteiger partial charge in [-0.25, -0.2) is 14.8 Å². The van der Waals surface area contributed by atoms with Crippen LogP contribution in [0.3, 0.4) is 0 Å². The van der Waals surface area contributed by atoms with E-state index in [1.54, 1.807) is 38.4 Å². The van der Waals surface area contributed by atoms with E-state index in [0.29, 0.717) is 49.9 Å². The van der Waals surface area contributed by atoms with Gasteiger partial charge in [0.1, 0.15) is 12.1 Å². The molecule has 1 aliphatic rings. The third-order valence-electron chi connectivity index (χ3n) is 6.08. The van der Waals surface area contributed by atoms with Crippen molar-refractivity contribution in [2.24, 2.45) is 5.92 Å². The van der Waals surface area contributed by atoms with Crippen LogP contribution in [0.2, 0.25) is 10.0 Å². The van der Waals surface area contributed by atoms with Crippen LogP contribution in [0.15, 0.2) is 36.7 Å². The number of nitrogens with zero attached hydrogens (tertiary/aromatic N) is 3. The number of hydrogen-bond donors (Lipinski definition) is 2. The van der Waals surface area contributed by atoms with Crippen molar-refractivity contribution in [3.05, 3.63) is 46.7 Å². The van der Waals surface area contributed by atoms with Gasteiger partial charge in [-0.2, -0.15) is 0 Å². The molecular formula is C24H27Cl2N5O3. The lowest BCUT2D eigenvalue weighted by Gasteiger charge is -2.29. The quantitative estimate of drug-likeness (QED) is 0.469. The predicted octanol–water partition coefficient (Wildman–Crippen LogP) is 5.38. The SMILES string of the molecule is COc1cc2c(N(C)C(=O)Nc3c(Cl)cccc3Cl)ncnc2cc1OC(C)C1CCNCC1. The topological polar surface area (TPSA) is 88.6 Å². The second-order valence-electron chi connectivity index (χ2n) is 8.21. The number of methoxy groups -OCH3 is 1. The lowest BCUT2D eigenvalue weighted by molar-refractivity contribution is 0.124. The van der Waals surface area contributed by atoms with E-state index in [1.165, 1.54) is 11.2 Å². The minimum absolute atomic E-state index is 0.0311. The molecule has 8 nitrogen and oxygen atoms in total. The van der Waals surface area contributed by atoms with E-state index in [1.807, 2.05) is 6.07 Å². The van der Waals surface area contributed by atoms with Crippen LogP contribution >= 0.6 is 23.2 Å². The maximum Gasteiger partial charge on any atom is 0.327 e. The number of benzene rings is 2. The number of fused-ring (bicyclic) bond motifs is 1. The van der Waals surface area contributed by atoms with E-state index in [-0.39, 0.29) is 6.10 Å². The highest BCUT2D eigenvalue weighted by Crippen LogP contribution is 2.37. The number of amides is 2. The highest BCUT2D eigenvalue weighted by molar-refractivity contribution is 6.39. The van der Waals surface area contributed by atoms with E-state index < -0.39 is 6.03 Å². The van der Waals surface area contributed by atoms with Crippen LogP contribution in [0.25, 0.3) is 10.9 Å². The summed E-state index contributed by atoms with van der Waals surface area (Å²) >= 11 is 12.4. The number of nitrogens with one attached hydrogen (secondary N) is 2. The molecule has 0 bridgehead atoms. The Bertz CT molecular complexity index is 1170. The number of anilines is 2. The molecule has 1 aliphatic heterocycles. The largest absolute Gasteiger partial charge is 0.493 e. The lowest BCUT2D eigenvalue weighted by atomic mass is 9.93. The Labute approximate surface area is 208 Å². The number of hydrogen-bond acceptors (Lipinski definition) is 6. The highest BCUT2D eigenvalue weighted by Gasteiger charge is 2.24. The van der Waals surface area contributed by atoms with Crippen molar-refractivity contribution in [2.45, 2.75) is 25.9 Å². The van der Waals surface area contributed by atoms with Crippen LogP contribution in [0.1, 0.15) is 19.8 Å². The van der Waals surface area contributed by atoms with Crippen LogP contribution in [0.4, 0.5) is 16.3 Å². The summed E-state index contributed by atoms with van der Waals surface area (Å²) in [6.45, 7) is 4.08. The van der Waals surface area contributed by atoms with Crippen molar-refractivity contribution < 1.29 is 14.3 Å². The van der Waals surface area contributed by atoms with E-state index in [0.717, 1.165) is 25.9 Å². The Morgan fingerprint density at radius 3 is 2.56 bits per heavy atom. The molecule has 10 heteroatoms. The number of para-hydroxylation sites is 1. The first-order valence-corrected chi connectivity index (χ1v) is 11.8. The lowest BCUT2D eigenvalue weighted by Crippen LogP contribution is -2.35. The molecule has 0 spiro atoms. The number of ether oxygens (including phenoxy) is 2. The molecule has 0 aliphatic carbocycles. The molecule has 1 saturated heterocycles. The van der Waals surface area contributed by atoms with Crippen LogP contribution in [-0.4, -0.2) is 49.4 Å². The number of carbonyl (C=O) groups is 1. The zero-order chi connectivity index (χ0) is 24.2. The summed E-state index contributed by atoms with van der Waals surface area (Å²) in [6.07, 6.45) is 3.58. The fourth-order valence-corrected chi connectivity index (χ4v) is 4.58. The van der Waals surface area contributed by atoms with Crippen molar-refractivity contribution in [3.8, 4) is 11.5 Å². The van der Waals surface area contributed by atoms with Gasteiger partial charge in [-0.15, -0.1) is 0 Å². The molecule has 2 N–H and O–H groups in total. The molecule has 1 atom stereocenters. The minimum atomic E-state index is -0.450. The summed E-state index contributed by atoms with van der Waals surface area (Å²) in [4.78, 5) is 23.1. The average molecular weight is 504 g/mol. The van der Waals surface area contributed by atoms with Gasteiger partial charge in [-0.3, -0.25) is 4.90 Å². The van der Waals surface area contributed by atoms with Crippen LogP contribution < -0.4 is 25.0 Å². The highest BCUT2D eigenvalue weighted by atomic mass is 35.5. The van der Waals surface area contributed by atoms with Crippen molar-refractivity contribution in [3.63, 3.8) is 0 Å². The van der Waals surface area contributed by atoms with Gasteiger partial charge < -0.3 is 20.1 Å². The zero-order valence-electron chi connectivity index (χ0n) is 19.3. The third kappa shape index (κ3) is 5.14. The molecule has 1 aromatic heterocycles. The van der Waals surface area contributed by atoms with Gasteiger partial charge in [-0.1, -0.05) is 29.3 Å². The van der Waals surface area contributed by atoms with Crippen LogP contribution in [0.5, 0.6) is 11.5 Å². The second kappa shape index (κ2) is 10.6. The standard InChI is InChI=1S/C24H27Cl2N5O3/c1-14(15-7-9-27-10-8-15)34-21-12-19-16(11-20(21)33-3)23(29-13-28-19)31(2)24(32)30-22-17(25)5-4-6-18(22)26/h4-6,11-15,27H,7-10H2,1-3H3,(H,30,32). The molecule has 2 heterocycles. The Morgan fingerprint density at radius 1 is 1.18 bits per heavy atom. The summed E-state index contributed by atoms with van der Waals surface area (Å²) in [6, 6.07) is 8.18. The van der Waals surface area contributed by atoms with Crippen molar-refractivity contribution >= 4 is 51.6 Å². The van der Waals surface area contributed by atoms with Crippen molar-refractivity contribution in [2.75, 3.05) is 37.5 Å². The van der Waals surface area contributed by atoms with Gasteiger partial charge in [-0.05, 0) is 57.0 Å². The summed E-state index contributed by atoms with van der Waals surface area (Å²) < 4.78 is 11.9. The maximum atomic E-state index is 13.0. The van der Waals surface area contributed by atoms with Gasteiger partial charge in [0.15, 0.2) is 11.5 Å².